The largest absolute Gasteiger partial charge is 0.354 e. The highest BCUT2D eigenvalue weighted by Gasteiger charge is 2.35. The zero-order valence-corrected chi connectivity index (χ0v) is 26.8. The van der Waals surface area contributed by atoms with Crippen LogP contribution in [0.5, 0.6) is 0 Å². The van der Waals surface area contributed by atoms with Gasteiger partial charge in [-0.1, -0.05) is 97.8 Å². The van der Waals surface area contributed by atoms with E-state index < -0.39 is 34.3 Å². The number of carbonyl (C=O) groups excluding carboxylic acids is 2. The molecule has 1 atom stereocenters. The van der Waals surface area contributed by atoms with Crippen LogP contribution in [0.15, 0.2) is 108 Å². The summed E-state index contributed by atoms with van der Waals surface area (Å²) in [5.74, 6) is -1.55. The number of nitrogens with zero attached hydrogens (tertiary/aromatic N) is 2. The van der Waals surface area contributed by atoms with Gasteiger partial charge in [0.1, 0.15) is 18.4 Å². The van der Waals surface area contributed by atoms with Gasteiger partial charge in [-0.25, -0.2) is 12.8 Å². The van der Waals surface area contributed by atoms with Crippen LogP contribution in [-0.2, 0) is 32.6 Å². The summed E-state index contributed by atoms with van der Waals surface area (Å²) < 4.78 is 44.4. The van der Waals surface area contributed by atoms with Crippen molar-refractivity contribution < 1.29 is 22.4 Å². The van der Waals surface area contributed by atoms with Gasteiger partial charge < -0.3 is 10.2 Å². The third kappa shape index (κ3) is 8.57. The molecule has 4 aromatic carbocycles. The molecule has 4 rings (SSSR count). The number of hydrogen-bond acceptors (Lipinski definition) is 4. The second-order valence-corrected chi connectivity index (χ2v) is 12.9. The Kier molecular flexibility index (Phi) is 11.5. The predicted molar refractivity (Wildman–Crippen MR) is 176 cm³/mol. The van der Waals surface area contributed by atoms with Gasteiger partial charge in [0.2, 0.25) is 11.8 Å². The molecule has 236 valence electrons. The standard InChI is InChI=1S/C36H40FN3O4S/c1-4-5-23-38-36(42)34(24-29-14-7-6-8-15-29)39(25-30-16-10-11-17-32(30)37)35(41)26-40(33-18-12-9-13-28(33)3)45(43,44)31-21-19-27(2)20-22-31/h6-22,34H,4-5,23-26H2,1-3H3,(H,38,42)/t34-/m0/s1. The molecule has 0 radical (unpaired) electrons. The van der Waals surface area contributed by atoms with E-state index in [1.54, 1.807) is 61.5 Å². The SMILES string of the molecule is CCCCNC(=O)[C@H](Cc1ccccc1)N(Cc1ccccc1F)C(=O)CN(c1ccccc1C)S(=O)(=O)c1ccc(C)cc1. The van der Waals surface area contributed by atoms with E-state index in [0.717, 1.165) is 28.3 Å². The Balaban J connectivity index is 1.80. The third-order valence-electron chi connectivity index (χ3n) is 7.67. The lowest BCUT2D eigenvalue weighted by Crippen LogP contribution is -2.53. The van der Waals surface area contributed by atoms with Gasteiger partial charge in [0.15, 0.2) is 0 Å². The van der Waals surface area contributed by atoms with Crippen LogP contribution in [0, 0.1) is 19.7 Å². The Morgan fingerprint density at radius 2 is 1.49 bits per heavy atom. The van der Waals surface area contributed by atoms with Crippen molar-refractivity contribution in [3.63, 3.8) is 0 Å². The Labute approximate surface area is 265 Å². The lowest BCUT2D eigenvalue weighted by atomic mass is 10.0. The van der Waals surface area contributed by atoms with Gasteiger partial charge in [0, 0.05) is 25.1 Å². The molecule has 0 aromatic heterocycles. The molecule has 0 spiro atoms. The number of anilines is 1. The van der Waals surface area contributed by atoms with Crippen LogP contribution >= 0.6 is 0 Å². The summed E-state index contributed by atoms with van der Waals surface area (Å²) >= 11 is 0. The van der Waals surface area contributed by atoms with Gasteiger partial charge in [-0.15, -0.1) is 0 Å². The lowest BCUT2D eigenvalue weighted by Gasteiger charge is -2.34. The van der Waals surface area contributed by atoms with Crippen molar-refractivity contribution >= 4 is 27.5 Å². The number of carbonyl (C=O) groups is 2. The first-order chi connectivity index (χ1) is 21.6. The number of aryl methyl sites for hydroxylation is 2. The molecule has 0 unspecified atom stereocenters. The highest BCUT2D eigenvalue weighted by molar-refractivity contribution is 7.92. The maximum Gasteiger partial charge on any atom is 0.264 e. The van der Waals surface area contributed by atoms with Crippen molar-refractivity contribution in [1.82, 2.24) is 10.2 Å². The molecule has 9 heteroatoms. The van der Waals surface area contributed by atoms with Crippen molar-refractivity contribution in [2.24, 2.45) is 0 Å². The fraction of sp³-hybridized carbons (Fsp3) is 0.278. The summed E-state index contributed by atoms with van der Waals surface area (Å²) in [4.78, 5) is 29.6. The number of amides is 2. The van der Waals surface area contributed by atoms with Gasteiger partial charge >= 0.3 is 0 Å². The second-order valence-electron chi connectivity index (χ2n) is 11.1. The number of nitrogens with one attached hydrogen (secondary N) is 1. The van der Waals surface area contributed by atoms with Crippen LogP contribution in [0.2, 0.25) is 0 Å². The first-order valence-corrected chi connectivity index (χ1v) is 16.6. The molecule has 1 N–H and O–H groups in total. The minimum absolute atomic E-state index is 0.0305. The van der Waals surface area contributed by atoms with Gasteiger partial charge in [-0.2, -0.15) is 0 Å². The van der Waals surface area contributed by atoms with Gasteiger partial charge in [-0.3, -0.25) is 13.9 Å². The molecule has 0 heterocycles. The third-order valence-corrected chi connectivity index (χ3v) is 9.45. The number of para-hydroxylation sites is 1. The van der Waals surface area contributed by atoms with E-state index in [-0.39, 0.29) is 29.3 Å². The van der Waals surface area contributed by atoms with Crippen LogP contribution in [0.3, 0.4) is 0 Å². The highest BCUT2D eigenvalue weighted by atomic mass is 32.2. The van der Waals surface area contributed by atoms with Crippen molar-refractivity contribution in [3.05, 3.63) is 131 Å². The van der Waals surface area contributed by atoms with Crippen LogP contribution in [0.25, 0.3) is 0 Å². The highest BCUT2D eigenvalue weighted by Crippen LogP contribution is 2.28. The number of hydrogen-bond donors (Lipinski definition) is 1. The normalized spacial score (nSPS) is 11.9. The average molecular weight is 630 g/mol. The lowest BCUT2D eigenvalue weighted by molar-refractivity contribution is -0.140. The van der Waals surface area contributed by atoms with Crippen LogP contribution in [0.1, 0.15) is 42.0 Å². The summed E-state index contributed by atoms with van der Waals surface area (Å²) in [5.41, 5.74) is 2.90. The van der Waals surface area contributed by atoms with Crippen molar-refractivity contribution in [2.75, 3.05) is 17.4 Å². The van der Waals surface area contributed by atoms with Crippen molar-refractivity contribution in [3.8, 4) is 0 Å². The van der Waals surface area contributed by atoms with E-state index >= 15 is 4.39 Å². The molecule has 0 aliphatic heterocycles. The van der Waals surface area contributed by atoms with E-state index in [2.05, 4.69) is 5.32 Å². The summed E-state index contributed by atoms with van der Waals surface area (Å²) in [6.45, 7) is 5.24. The van der Waals surface area contributed by atoms with E-state index in [4.69, 9.17) is 0 Å². The van der Waals surface area contributed by atoms with Crippen molar-refractivity contribution in [1.29, 1.82) is 0 Å². The minimum Gasteiger partial charge on any atom is -0.354 e. The summed E-state index contributed by atoms with van der Waals surface area (Å²) in [5, 5.41) is 2.94. The van der Waals surface area contributed by atoms with Gasteiger partial charge in [0.25, 0.3) is 10.0 Å². The summed E-state index contributed by atoms with van der Waals surface area (Å²) in [7, 11) is -4.21. The Morgan fingerprint density at radius 1 is 0.844 bits per heavy atom. The number of unbranched alkanes of at least 4 members (excludes halogenated alkanes) is 1. The molecular formula is C36H40FN3O4S. The molecule has 0 fully saturated rings. The zero-order valence-electron chi connectivity index (χ0n) is 25.9. The minimum atomic E-state index is -4.21. The Hall–Kier alpha value is -4.50. The molecule has 2 amide bonds. The van der Waals surface area contributed by atoms with Gasteiger partial charge in [0.05, 0.1) is 10.6 Å². The maximum absolute atomic E-state index is 15.0. The monoisotopic (exact) mass is 629 g/mol. The van der Waals surface area contributed by atoms with E-state index in [9.17, 15) is 18.0 Å². The number of sulfonamides is 1. The van der Waals surface area contributed by atoms with E-state index in [1.807, 2.05) is 44.2 Å². The number of benzene rings is 4. The molecule has 4 aromatic rings. The topological polar surface area (TPSA) is 86.8 Å². The first-order valence-electron chi connectivity index (χ1n) is 15.1. The summed E-state index contributed by atoms with van der Waals surface area (Å²) in [6, 6.07) is 27.7. The molecule has 45 heavy (non-hydrogen) atoms. The van der Waals surface area contributed by atoms with Crippen LogP contribution < -0.4 is 9.62 Å². The van der Waals surface area contributed by atoms with Crippen LogP contribution in [0.4, 0.5) is 10.1 Å². The van der Waals surface area contributed by atoms with Gasteiger partial charge in [-0.05, 0) is 55.7 Å². The molecule has 0 saturated heterocycles. The molecule has 0 saturated carbocycles. The fourth-order valence-corrected chi connectivity index (χ4v) is 6.54. The smallest absolute Gasteiger partial charge is 0.264 e. The second kappa shape index (κ2) is 15.5. The molecule has 0 aliphatic carbocycles. The molecule has 0 aliphatic rings. The van der Waals surface area contributed by atoms with E-state index in [0.29, 0.717) is 17.8 Å². The van der Waals surface area contributed by atoms with E-state index in [1.165, 1.54) is 23.1 Å². The zero-order chi connectivity index (χ0) is 32.4. The maximum atomic E-state index is 15.0. The Bertz CT molecular complexity index is 1700. The molecular weight excluding hydrogens is 589 g/mol. The number of halogens is 1. The first kappa shape index (κ1) is 33.4. The Morgan fingerprint density at radius 3 is 2.16 bits per heavy atom. The van der Waals surface area contributed by atoms with Crippen LogP contribution in [-0.4, -0.2) is 44.3 Å². The molecule has 7 nitrogen and oxygen atoms in total. The van der Waals surface area contributed by atoms with Crippen molar-refractivity contribution in [2.45, 2.75) is 57.5 Å². The number of rotatable bonds is 14. The molecule has 0 bridgehead atoms. The average Bonchev–Trinajstić information content (AvgIpc) is 3.03. The fourth-order valence-electron chi connectivity index (χ4n) is 5.06. The summed E-state index contributed by atoms with van der Waals surface area (Å²) in [6.07, 6.45) is 1.78. The predicted octanol–water partition coefficient (Wildman–Crippen LogP) is 6.19. The quantitative estimate of drug-likeness (QED) is 0.169.